The van der Waals surface area contributed by atoms with Crippen LogP contribution in [0.25, 0.3) is 0 Å². The Morgan fingerprint density at radius 1 is 1.15 bits per heavy atom. The summed E-state index contributed by atoms with van der Waals surface area (Å²) in [6.07, 6.45) is 1.41. The molecule has 0 radical (unpaired) electrons. The Morgan fingerprint density at radius 3 is 2.70 bits per heavy atom. The first-order valence-electron chi connectivity index (χ1n) is 8.61. The van der Waals surface area contributed by atoms with E-state index in [1.54, 1.807) is 48.5 Å². The van der Waals surface area contributed by atoms with Gasteiger partial charge in [-0.05, 0) is 37.1 Å². The van der Waals surface area contributed by atoms with Gasteiger partial charge in [0.2, 0.25) is 0 Å². The number of halogens is 1. The highest BCUT2D eigenvalue weighted by Gasteiger charge is 2.35. The average Bonchev–Trinajstić information content (AvgIpc) is 2.95. The molecule has 0 bridgehead atoms. The maximum Gasteiger partial charge on any atom is 0.316 e. The van der Waals surface area contributed by atoms with Crippen molar-refractivity contribution in [2.45, 2.75) is 17.7 Å². The van der Waals surface area contributed by atoms with E-state index in [1.807, 2.05) is 4.90 Å². The fourth-order valence-electron chi connectivity index (χ4n) is 3.40. The number of esters is 1. The molecule has 0 spiro atoms. The molecule has 2 aliphatic heterocycles. The van der Waals surface area contributed by atoms with Crippen LogP contribution >= 0.6 is 11.6 Å². The summed E-state index contributed by atoms with van der Waals surface area (Å²) in [5.41, 5.74) is 0.581. The van der Waals surface area contributed by atoms with Crippen LogP contribution in [0.4, 0.5) is 0 Å². The maximum absolute atomic E-state index is 12.6. The Morgan fingerprint density at radius 2 is 1.89 bits per heavy atom. The van der Waals surface area contributed by atoms with Gasteiger partial charge in [0.25, 0.3) is 10.0 Å². The summed E-state index contributed by atoms with van der Waals surface area (Å²) in [6, 6.07) is 13.6. The SMILES string of the molecule is O=C(Oc1ccccc1Cl)C1CCCN(C2=NS(=O)(=O)c3ccccc32)C1. The van der Waals surface area contributed by atoms with Crippen LogP contribution in [0.1, 0.15) is 18.4 Å². The normalized spacial score (nSPS) is 20.7. The lowest BCUT2D eigenvalue weighted by atomic mass is 9.97. The molecule has 2 aromatic rings. The molecule has 0 amide bonds. The fourth-order valence-corrected chi connectivity index (χ4v) is 4.80. The van der Waals surface area contributed by atoms with E-state index in [9.17, 15) is 13.2 Å². The van der Waals surface area contributed by atoms with Crippen molar-refractivity contribution >= 4 is 33.4 Å². The van der Waals surface area contributed by atoms with Crippen molar-refractivity contribution < 1.29 is 17.9 Å². The molecule has 2 aliphatic rings. The third kappa shape index (κ3) is 3.44. The number of rotatable bonds is 2. The van der Waals surface area contributed by atoms with Crippen molar-refractivity contribution in [3.05, 3.63) is 59.1 Å². The lowest BCUT2D eigenvalue weighted by Crippen LogP contribution is -2.43. The summed E-state index contributed by atoms with van der Waals surface area (Å²) >= 11 is 6.05. The lowest BCUT2D eigenvalue weighted by Gasteiger charge is -2.32. The maximum atomic E-state index is 12.6. The predicted octanol–water partition coefficient (Wildman–Crippen LogP) is 3.11. The second kappa shape index (κ2) is 6.98. The summed E-state index contributed by atoms with van der Waals surface area (Å²) < 4.78 is 34.0. The zero-order valence-electron chi connectivity index (χ0n) is 14.3. The number of hydrogen-bond donors (Lipinski definition) is 0. The van der Waals surface area contributed by atoms with Crippen LogP contribution in [0, 0.1) is 5.92 Å². The van der Waals surface area contributed by atoms with Crippen LogP contribution in [0.15, 0.2) is 57.8 Å². The van der Waals surface area contributed by atoms with Gasteiger partial charge in [0, 0.05) is 18.7 Å². The number of nitrogens with zero attached hydrogens (tertiary/aromatic N) is 2. The van der Waals surface area contributed by atoms with Gasteiger partial charge in [0.1, 0.15) is 10.6 Å². The highest BCUT2D eigenvalue weighted by atomic mass is 35.5. The summed E-state index contributed by atoms with van der Waals surface area (Å²) in [5.74, 6) is -0.0241. The van der Waals surface area contributed by atoms with Gasteiger partial charge in [0.15, 0.2) is 5.84 Å². The van der Waals surface area contributed by atoms with Crippen LogP contribution in [-0.4, -0.2) is 38.2 Å². The zero-order chi connectivity index (χ0) is 19.0. The molecule has 0 aromatic heterocycles. The first kappa shape index (κ1) is 18.0. The fraction of sp³-hybridized carbons (Fsp3) is 0.263. The molecular weight excluding hydrogens is 388 g/mol. The molecule has 1 saturated heterocycles. The minimum Gasteiger partial charge on any atom is -0.425 e. The summed E-state index contributed by atoms with van der Waals surface area (Å²) in [4.78, 5) is 14.6. The number of hydrogen-bond acceptors (Lipinski definition) is 5. The molecule has 0 saturated carbocycles. The average molecular weight is 405 g/mol. The van der Waals surface area contributed by atoms with E-state index < -0.39 is 10.0 Å². The molecule has 0 aliphatic carbocycles. The Bertz CT molecular complexity index is 1040. The highest BCUT2D eigenvalue weighted by Crippen LogP contribution is 2.31. The Hall–Kier alpha value is -2.38. The number of sulfonamides is 1. The van der Waals surface area contributed by atoms with E-state index in [0.717, 1.165) is 6.42 Å². The number of fused-ring (bicyclic) bond motifs is 1. The Balaban J connectivity index is 1.54. The molecule has 1 unspecified atom stereocenters. The van der Waals surface area contributed by atoms with Crippen LogP contribution < -0.4 is 4.74 Å². The van der Waals surface area contributed by atoms with Crippen molar-refractivity contribution in [2.75, 3.05) is 13.1 Å². The van der Waals surface area contributed by atoms with Crippen molar-refractivity contribution in [1.82, 2.24) is 4.90 Å². The van der Waals surface area contributed by atoms with Crippen molar-refractivity contribution in [2.24, 2.45) is 10.3 Å². The second-order valence-corrected chi connectivity index (χ2v) is 8.50. The van der Waals surface area contributed by atoms with Gasteiger partial charge in [-0.25, -0.2) is 0 Å². The molecule has 2 heterocycles. The van der Waals surface area contributed by atoms with Gasteiger partial charge in [-0.1, -0.05) is 35.9 Å². The van der Waals surface area contributed by atoms with E-state index in [2.05, 4.69) is 4.40 Å². The van der Waals surface area contributed by atoms with E-state index in [-0.39, 0.29) is 16.8 Å². The molecular formula is C19H17ClN2O4S. The van der Waals surface area contributed by atoms with E-state index >= 15 is 0 Å². The van der Waals surface area contributed by atoms with Crippen LogP contribution in [-0.2, 0) is 14.8 Å². The Labute approximate surface area is 162 Å². The van der Waals surface area contributed by atoms with E-state index in [1.165, 1.54) is 0 Å². The zero-order valence-corrected chi connectivity index (χ0v) is 15.9. The molecule has 1 fully saturated rings. The smallest absolute Gasteiger partial charge is 0.316 e. The monoisotopic (exact) mass is 404 g/mol. The topological polar surface area (TPSA) is 76.0 Å². The van der Waals surface area contributed by atoms with Gasteiger partial charge in [0.05, 0.1) is 10.9 Å². The first-order valence-corrected chi connectivity index (χ1v) is 10.4. The lowest BCUT2D eigenvalue weighted by molar-refractivity contribution is -0.140. The number of carbonyl (C=O) groups excluding carboxylic acids is 1. The Kier molecular flexibility index (Phi) is 4.65. The van der Waals surface area contributed by atoms with E-state index in [4.69, 9.17) is 16.3 Å². The van der Waals surface area contributed by atoms with Crippen molar-refractivity contribution in [1.29, 1.82) is 0 Å². The van der Waals surface area contributed by atoms with Gasteiger partial charge in [-0.3, -0.25) is 4.79 Å². The van der Waals surface area contributed by atoms with Gasteiger partial charge < -0.3 is 9.64 Å². The molecule has 4 rings (SSSR count). The number of piperidine rings is 1. The summed E-state index contributed by atoms with van der Waals surface area (Å²) in [7, 11) is -3.68. The first-order chi connectivity index (χ1) is 13.0. The highest BCUT2D eigenvalue weighted by molar-refractivity contribution is 7.90. The van der Waals surface area contributed by atoms with Crippen LogP contribution in [0.3, 0.4) is 0 Å². The van der Waals surface area contributed by atoms with Crippen molar-refractivity contribution in [3.8, 4) is 5.75 Å². The van der Waals surface area contributed by atoms with Gasteiger partial charge in [-0.15, -0.1) is 4.40 Å². The second-order valence-electron chi connectivity index (χ2n) is 6.52. The summed E-state index contributed by atoms with van der Waals surface area (Å²) in [6.45, 7) is 0.991. The van der Waals surface area contributed by atoms with Crippen LogP contribution in [0.2, 0.25) is 5.02 Å². The quantitative estimate of drug-likeness (QED) is 0.567. The number of benzene rings is 2. The molecule has 27 heavy (non-hydrogen) atoms. The van der Waals surface area contributed by atoms with Gasteiger partial charge >= 0.3 is 5.97 Å². The van der Waals surface area contributed by atoms with Crippen molar-refractivity contribution in [3.63, 3.8) is 0 Å². The molecule has 6 nitrogen and oxygen atoms in total. The molecule has 8 heteroatoms. The van der Waals surface area contributed by atoms with Crippen LogP contribution in [0.5, 0.6) is 5.75 Å². The predicted molar refractivity (Wildman–Crippen MR) is 102 cm³/mol. The number of para-hydroxylation sites is 1. The number of amidine groups is 1. The number of carbonyl (C=O) groups is 1. The summed E-state index contributed by atoms with van der Waals surface area (Å²) in [5, 5.41) is 0.374. The number of likely N-dealkylation sites (tertiary alicyclic amines) is 1. The molecule has 1 atom stereocenters. The number of ether oxygens (including phenoxy) is 1. The van der Waals surface area contributed by atoms with Gasteiger partial charge in [-0.2, -0.15) is 8.42 Å². The largest absolute Gasteiger partial charge is 0.425 e. The minimum absolute atomic E-state index is 0.209. The third-order valence-corrected chi connectivity index (χ3v) is 6.35. The minimum atomic E-state index is -3.68. The third-order valence-electron chi connectivity index (χ3n) is 4.71. The molecule has 140 valence electrons. The standard InChI is InChI=1S/C19H17ClN2O4S/c20-15-8-2-3-9-16(15)26-19(23)13-6-5-11-22(12-13)18-14-7-1-4-10-17(14)27(24,25)21-18/h1-4,7-10,13H,5-6,11-12H2. The molecule has 0 N–H and O–H groups in total. The van der Waals surface area contributed by atoms with E-state index in [0.29, 0.717) is 41.7 Å². The molecule has 2 aromatic carbocycles.